The largest absolute Gasteiger partial charge is 0.379 e. The van der Waals surface area contributed by atoms with Crippen LogP contribution < -0.4 is 5.32 Å². The molecule has 2 fully saturated rings. The van der Waals surface area contributed by atoms with E-state index in [4.69, 9.17) is 4.74 Å². The van der Waals surface area contributed by atoms with E-state index in [9.17, 15) is 8.42 Å². The van der Waals surface area contributed by atoms with Gasteiger partial charge in [-0.2, -0.15) is 16.1 Å². The monoisotopic (exact) mass is 356 g/mol. The Morgan fingerprint density at radius 2 is 1.78 bits per heavy atom. The third kappa shape index (κ3) is 4.48. The Morgan fingerprint density at radius 1 is 1.13 bits per heavy atom. The molecule has 0 bridgehead atoms. The molecule has 7 heteroatoms. The number of nitrogens with one attached hydrogen (secondary N) is 1. The van der Waals surface area contributed by atoms with Gasteiger partial charge in [0.05, 0.1) is 18.1 Å². The summed E-state index contributed by atoms with van der Waals surface area (Å²) in [5.41, 5.74) is 1.13. The standard InChI is InChI=1S/C16H24N2O3S2/c19-23(20,18-7-9-21-10-8-18)16-3-1-14(2-4-16)13-17-15-5-11-22-12-6-15/h1-4,15,17H,5-13H2. The summed E-state index contributed by atoms with van der Waals surface area (Å²) in [5, 5.41) is 3.57. The van der Waals surface area contributed by atoms with Crippen LogP contribution in [-0.4, -0.2) is 56.6 Å². The first-order valence-corrected chi connectivity index (χ1v) is 10.7. The lowest BCUT2D eigenvalue weighted by molar-refractivity contribution is 0.0730. The third-order valence-electron chi connectivity index (χ3n) is 4.35. The van der Waals surface area contributed by atoms with E-state index in [1.54, 1.807) is 12.1 Å². The Morgan fingerprint density at radius 3 is 2.43 bits per heavy atom. The quantitative estimate of drug-likeness (QED) is 0.870. The molecular formula is C16H24N2O3S2. The van der Waals surface area contributed by atoms with Gasteiger partial charge in [-0.15, -0.1) is 0 Å². The number of hydrogen-bond acceptors (Lipinski definition) is 5. The summed E-state index contributed by atoms with van der Waals surface area (Å²) in [6.45, 7) is 2.62. The molecule has 0 spiro atoms. The molecule has 3 rings (SSSR count). The molecule has 0 atom stereocenters. The van der Waals surface area contributed by atoms with Crippen LogP contribution in [-0.2, 0) is 21.3 Å². The minimum atomic E-state index is -3.38. The van der Waals surface area contributed by atoms with Crippen molar-refractivity contribution < 1.29 is 13.2 Å². The maximum atomic E-state index is 12.6. The third-order valence-corrected chi connectivity index (χ3v) is 7.31. The second-order valence-electron chi connectivity index (χ2n) is 5.93. The molecule has 0 radical (unpaired) electrons. The van der Waals surface area contributed by atoms with Crippen molar-refractivity contribution in [2.75, 3.05) is 37.8 Å². The highest BCUT2D eigenvalue weighted by molar-refractivity contribution is 7.99. The topological polar surface area (TPSA) is 58.6 Å². The van der Waals surface area contributed by atoms with Crippen molar-refractivity contribution in [3.63, 3.8) is 0 Å². The molecule has 1 aromatic rings. The lowest BCUT2D eigenvalue weighted by atomic mass is 10.1. The maximum absolute atomic E-state index is 12.6. The van der Waals surface area contributed by atoms with Crippen molar-refractivity contribution >= 4 is 21.8 Å². The molecule has 1 aromatic carbocycles. The average molecular weight is 357 g/mol. The summed E-state index contributed by atoms with van der Waals surface area (Å²) in [6.07, 6.45) is 2.43. The van der Waals surface area contributed by atoms with Crippen LogP contribution >= 0.6 is 11.8 Å². The van der Waals surface area contributed by atoms with E-state index in [-0.39, 0.29) is 0 Å². The van der Waals surface area contributed by atoms with Crippen LogP contribution in [0.15, 0.2) is 29.2 Å². The van der Waals surface area contributed by atoms with E-state index in [2.05, 4.69) is 5.32 Å². The Kier molecular flexibility index (Phi) is 5.98. The fourth-order valence-corrected chi connectivity index (χ4v) is 5.39. The van der Waals surface area contributed by atoms with Gasteiger partial charge in [-0.1, -0.05) is 12.1 Å². The first kappa shape index (κ1) is 17.2. The molecule has 23 heavy (non-hydrogen) atoms. The summed E-state index contributed by atoms with van der Waals surface area (Å²) in [4.78, 5) is 0.372. The summed E-state index contributed by atoms with van der Waals surface area (Å²) < 4.78 is 31.8. The Bertz CT molecular complexity index is 592. The van der Waals surface area contributed by atoms with Crippen LogP contribution in [0.4, 0.5) is 0 Å². The zero-order valence-corrected chi connectivity index (χ0v) is 14.9. The van der Waals surface area contributed by atoms with Gasteiger partial charge in [-0.25, -0.2) is 8.42 Å². The van der Waals surface area contributed by atoms with Gasteiger partial charge < -0.3 is 10.1 Å². The predicted octanol–water partition coefficient (Wildman–Crippen LogP) is 1.69. The summed E-state index contributed by atoms with van der Waals surface area (Å²) >= 11 is 2.02. The summed E-state index contributed by atoms with van der Waals surface area (Å²) in [6, 6.07) is 7.86. The van der Waals surface area contributed by atoms with Gasteiger partial charge in [-0.05, 0) is 42.0 Å². The molecule has 2 saturated heterocycles. The normalized spacial score (nSPS) is 21.4. The van der Waals surface area contributed by atoms with Gasteiger partial charge in [0.1, 0.15) is 0 Å². The number of hydrogen-bond donors (Lipinski definition) is 1. The zero-order valence-electron chi connectivity index (χ0n) is 13.2. The molecule has 2 aliphatic heterocycles. The molecule has 1 N–H and O–H groups in total. The summed E-state index contributed by atoms with van der Waals surface area (Å²) in [7, 11) is -3.38. The van der Waals surface area contributed by atoms with Gasteiger partial charge in [0.25, 0.3) is 0 Å². The van der Waals surface area contributed by atoms with Gasteiger partial charge in [-0.3, -0.25) is 0 Å². The van der Waals surface area contributed by atoms with E-state index in [1.807, 2.05) is 23.9 Å². The first-order chi connectivity index (χ1) is 11.2. The first-order valence-electron chi connectivity index (χ1n) is 8.14. The molecule has 0 amide bonds. The number of rotatable bonds is 5. The lowest BCUT2D eigenvalue weighted by Gasteiger charge is -2.26. The van der Waals surface area contributed by atoms with Gasteiger partial charge in [0, 0.05) is 25.7 Å². The molecule has 0 unspecified atom stereocenters. The van der Waals surface area contributed by atoms with E-state index in [1.165, 1.54) is 28.7 Å². The highest BCUT2D eigenvalue weighted by atomic mass is 32.2. The molecule has 0 saturated carbocycles. The van der Waals surface area contributed by atoms with Crippen molar-refractivity contribution in [2.24, 2.45) is 0 Å². The fourth-order valence-electron chi connectivity index (χ4n) is 2.88. The molecule has 0 aliphatic carbocycles. The molecule has 5 nitrogen and oxygen atoms in total. The number of benzene rings is 1. The van der Waals surface area contributed by atoms with Gasteiger partial charge in [0.15, 0.2) is 0 Å². The Labute approximate surface area is 142 Å². The number of sulfonamides is 1. The zero-order chi connectivity index (χ0) is 16.1. The number of ether oxygens (including phenoxy) is 1. The average Bonchev–Trinajstić information content (AvgIpc) is 2.62. The van der Waals surface area contributed by atoms with Crippen molar-refractivity contribution in [3.05, 3.63) is 29.8 Å². The summed E-state index contributed by atoms with van der Waals surface area (Å²) in [5.74, 6) is 2.46. The molecule has 128 valence electrons. The molecule has 2 heterocycles. The lowest BCUT2D eigenvalue weighted by Crippen LogP contribution is -2.40. The second kappa shape index (κ2) is 7.98. The van der Waals surface area contributed by atoms with Crippen LogP contribution in [0.2, 0.25) is 0 Å². The highest BCUT2D eigenvalue weighted by Gasteiger charge is 2.26. The van der Waals surface area contributed by atoms with E-state index >= 15 is 0 Å². The van der Waals surface area contributed by atoms with Crippen LogP contribution in [0.25, 0.3) is 0 Å². The van der Waals surface area contributed by atoms with Gasteiger partial charge >= 0.3 is 0 Å². The van der Waals surface area contributed by atoms with Crippen molar-refractivity contribution in [2.45, 2.75) is 30.3 Å². The number of thioether (sulfide) groups is 1. The van der Waals surface area contributed by atoms with Crippen LogP contribution in [0.5, 0.6) is 0 Å². The van der Waals surface area contributed by atoms with E-state index in [0.717, 1.165) is 12.1 Å². The number of morpholine rings is 1. The Hall–Kier alpha value is -0.600. The molecule has 2 aliphatic rings. The maximum Gasteiger partial charge on any atom is 0.243 e. The van der Waals surface area contributed by atoms with Gasteiger partial charge in [0.2, 0.25) is 10.0 Å². The minimum Gasteiger partial charge on any atom is -0.379 e. The van der Waals surface area contributed by atoms with Crippen molar-refractivity contribution in [1.82, 2.24) is 9.62 Å². The van der Waals surface area contributed by atoms with Crippen LogP contribution in [0, 0.1) is 0 Å². The van der Waals surface area contributed by atoms with Crippen LogP contribution in [0.1, 0.15) is 18.4 Å². The van der Waals surface area contributed by atoms with E-state index in [0.29, 0.717) is 37.2 Å². The van der Waals surface area contributed by atoms with Crippen LogP contribution in [0.3, 0.4) is 0 Å². The van der Waals surface area contributed by atoms with Crippen molar-refractivity contribution in [1.29, 1.82) is 0 Å². The minimum absolute atomic E-state index is 0.372. The second-order valence-corrected chi connectivity index (χ2v) is 9.09. The number of nitrogens with zero attached hydrogens (tertiary/aromatic N) is 1. The highest BCUT2D eigenvalue weighted by Crippen LogP contribution is 2.19. The predicted molar refractivity (Wildman–Crippen MR) is 93.2 cm³/mol. The van der Waals surface area contributed by atoms with E-state index < -0.39 is 10.0 Å². The molecular weight excluding hydrogens is 332 g/mol. The molecule has 0 aromatic heterocycles. The fraction of sp³-hybridized carbons (Fsp3) is 0.625. The smallest absolute Gasteiger partial charge is 0.243 e. The Balaban J connectivity index is 1.59. The van der Waals surface area contributed by atoms with Crippen molar-refractivity contribution in [3.8, 4) is 0 Å². The SMILES string of the molecule is O=S(=O)(c1ccc(CNC2CCSCC2)cc1)N1CCOCC1.